The van der Waals surface area contributed by atoms with Gasteiger partial charge in [0.25, 0.3) is 0 Å². The summed E-state index contributed by atoms with van der Waals surface area (Å²) in [6.45, 7) is 14.0. The zero-order valence-corrected chi connectivity index (χ0v) is 27.4. The molecular formula is C42H42O3. The predicted octanol–water partition coefficient (Wildman–Crippen LogP) is 11.1. The van der Waals surface area contributed by atoms with Crippen molar-refractivity contribution < 1.29 is 14.6 Å². The Morgan fingerprint density at radius 3 is 2.18 bits per heavy atom. The molecule has 0 bridgehead atoms. The summed E-state index contributed by atoms with van der Waals surface area (Å²) in [4.78, 5) is 10.6. The maximum absolute atomic E-state index is 10.6. The highest BCUT2D eigenvalue weighted by Crippen LogP contribution is 2.54. The largest absolute Gasteiger partial charge is 0.496 e. The van der Waals surface area contributed by atoms with Gasteiger partial charge in [0, 0.05) is 5.39 Å². The minimum Gasteiger partial charge on any atom is -0.496 e. The summed E-state index contributed by atoms with van der Waals surface area (Å²) in [5, 5.41) is 13.4. The Balaban J connectivity index is 0.000000229. The van der Waals surface area contributed by atoms with E-state index in [-0.39, 0.29) is 10.8 Å². The van der Waals surface area contributed by atoms with Crippen LogP contribution in [-0.2, 0) is 5.41 Å². The molecule has 0 amide bonds. The molecule has 0 heterocycles. The van der Waals surface area contributed by atoms with Crippen LogP contribution in [0.2, 0.25) is 0 Å². The van der Waals surface area contributed by atoms with Crippen LogP contribution in [0.4, 0.5) is 0 Å². The van der Waals surface area contributed by atoms with Crippen molar-refractivity contribution in [1.82, 2.24) is 0 Å². The number of benzene rings is 5. The molecule has 0 saturated heterocycles. The lowest BCUT2D eigenvalue weighted by Gasteiger charge is -2.41. The van der Waals surface area contributed by atoms with Gasteiger partial charge in [-0.3, -0.25) is 0 Å². The number of allylic oxidation sites excluding steroid dienone is 4. The van der Waals surface area contributed by atoms with E-state index in [0.717, 1.165) is 29.4 Å². The second kappa shape index (κ2) is 11.4. The molecule has 3 heteroatoms. The van der Waals surface area contributed by atoms with Crippen molar-refractivity contribution in [1.29, 1.82) is 0 Å². The third-order valence-corrected chi connectivity index (χ3v) is 9.62. The number of aromatic carboxylic acids is 1. The lowest BCUT2D eigenvalue weighted by atomic mass is 9.64. The fourth-order valence-corrected chi connectivity index (χ4v) is 7.47. The molecule has 3 nitrogen and oxygen atoms in total. The van der Waals surface area contributed by atoms with E-state index in [9.17, 15) is 4.79 Å². The first-order valence-corrected chi connectivity index (χ1v) is 15.8. The molecule has 0 radical (unpaired) electrons. The van der Waals surface area contributed by atoms with Crippen LogP contribution in [0.5, 0.6) is 5.75 Å². The monoisotopic (exact) mass is 594 g/mol. The Hall–Kier alpha value is -4.63. The molecule has 5 aromatic rings. The molecule has 0 spiro atoms. The van der Waals surface area contributed by atoms with Gasteiger partial charge in [-0.1, -0.05) is 118 Å². The third kappa shape index (κ3) is 5.46. The SMILES string of the molecule is COc1c(C)c(C)c(-c2ccccc2)c2ccc3c(c12)C(C)(C)CC1=C3C=CC(C)(C)C1.O=C(O)c1ccc2ccccc2c1. The smallest absolute Gasteiger partial charge is 0.335 e. The minimum absolute atomic E-state index is 0.0396. The Bertz CT molecular complexity index is 2020. The van der Waals surface area contributed by atoms with E-state index in [1.165, 1.54) is 49.7 Å². The summed E-state index contributed by atoms with van der Waals surface area (Å²) in [6, 6.07) is 28.3. The summed E-state index contributed by atoms with van der Waals surface area (Å²) >= 11 is 0. The van der Waals surface area contributed by atoms with E-state index in [0.29, 0.717) is 5.56 Å². The van der Waals surface area contributed by atoms with Crippen molar-refractivity contribution in [2.75, 3.05) is 7.11 Å². The van der Waals surface area contributed by atoms with E-state index in [1.807, 2.05) is 37.4 Å². The number of carboxylic acid groups (broad SMARTS) is 1. The van der Waals surface area contributed by atoms with Gasteiger partial charge < -0.3 is 9.84 Å². The molecule has 1 N–H and O–H groups in total. The number of methoxy groups -OCH3 is 1. The molecule has 228 valence electrons. The zero-order chi connectivity index (χ0) is 32.1. The number of fused-ring (bicyclic) bond motifs is 5. The van der Waals surface area contributed by atoms with Crippen molar-refractivity contribution in [3.05, 3.63) is 130 Å². The van der Waals surface area contributed by atoms with Crippen LogP contribution in [0.15, 0.2) is 103 Å². The summed E-state index contributed by atoms with van der Waals surface area (Å²) < 4.78 is 6.12. The van der Waals surface area contributed by atoms with Crippen LogP contribution in [0.1, 0.15) is 73.1 Å². The maximum atomic E-state index is 10.6. The molecule has 2 aliphatic rings. The van der Waals surface area contributed by atoms with E-state index >= 15 is 0 Å². The van der Waals surface area contributed by atoms with Crippen LogP contribution in [0.3, 0.4) is 0 Å². The second-order valence-corrected chi connectivity index (χ2v) is 13.9. The van der Waals surface area contributed by atoms with Crippen molar-refractivity contribution in [2.24, 2.45) is 5.41 Å². The number of hydrogen-bond acceptors (Lipinski definition) is 2. The van der Waals surface area contributed by atoms with Crippen molar-refractivity contribution in [3.8, 4) is 16.9 Å². The van der Waals surface area contributed by atoms with Gasteiger partial charge in [-0.15, -0.1) is 0 Å². The van der Waals surface area contributed by atoms with Gasteiger partial charge in [-0.05, 0) is 105 Å². The second-order valence-electron chi connectivity index (χ2n) is 13.9. The molecule has 0 aromatic heterocycles. The molecule has 45 heavy (non-hydrogen) atoms. The molecule has 2 aliphatic carbocycles. The van der Waals surface area contributed by atoms with Crippen LogP contribution >= 0.6 is 0 Å². The van der Waals surface area contributed by atoms with Gasteiger partial charge >= 0.3 is 5.97 Å². The Labute approximate surface area is 266 Å². The number of rotatable bonds is 3. The lowest BCUT2D eigenvalue weighted by molar-refractivity contribution is 0.0697. The molecule has 0 saturated carbocycles. The van der Waals surface area contributed by atoms with Gasteiger partial charge in [0.15, 0.2) is 0 Å². The fourth-order valence-electron chi connectivity index (χ4n) is 7.47. The Morgan fingerprint density at radius 2 is 1.49 bits per heavy atom. The van der Waals surface area contributed by atoms with E-state index < -0.39 is 5.97 Å². The first kappa shape index (κ1) is 30.4. The number of carboxylic acids is 1. The number of hydrogen-bond donors (Lipinski definition) is 1. The molecule has 7 rings (SSSR count). The first-order chi connectivity index (χ1) is 21.4. The van der Waals surface area contributed by atoms with Crippen molar-refractivity contribution in [3.63, 3.8) is 0 Å². The van der Waals surface area contributed by atoms with Crippen LogP contribution in [-0.4, -0.2) is 18.2 Å². The quantitative estimate of drug-likeness (QED) is 0.226. The Morgan fingerprint density at radius 1 is 0.800 bits per heavy atom. The highest BCUT2D eigenvalue weighted by molar-refractivity contribution is 6.07. The van der Waals surface area contributed by atoms with Gasteiger partial charge in [0.2, 0.25) is 0 Å². The summed E-state index contributed by atoms with van der Waals surface area (Å²) in [7, 11) is 1.83. The van der Waals surface area contributed by atoms with Crippen molar-refractivity contribution >= 4 is 33.1 Å². The molecule has 0 fully saturated rings. The van der Waals surface area contributed by atoms with Gasteiger partial charge in [0.05, 0.1) is 12.7 Å². The molecule has 0 atom stereocenters. The molecular weight excluding hydrogens is 552 g/mol. The maximum Gasteiger partial charge on any atom is 0.335 e. The van der Waals surface area contributed by atoms with Crippen LogP contribution in [0.25, 0.3) is 38.2 Å². The minimum atomic E-state index is -0.884. The molecule has 0 aliphatic heterocycles. The lowest BCUT2D eigenvalue weighted by Crippen LogP contribution is -2.28. The standard InChI is InChI=1S/C31H34O.C11H8O2/c1-19-20(2)29(32-7)27-25(26(19)21-11-9-8-10-12-21)14-13-24-23-15-16-30(3,4)17-22(23)18-31(5,6)28(24)27;12-11(13)10-6-5-8-3-1-2-4-9(8)7-10/h8-16H,17-18H2,1-7H3;1-7H,(H,12,13). The van der Waals surface area contributed by atoms with Crippen molar-refractivity contribution in [2.45, 2.75) is 59.8 Å². The summed E-state index contributed by atoms with van der Waals surface area (Å²) in [6.07, 6.45) is 7.01. The summed E-state index contributed by atoms with van der Waals surface area (Å²) in [5.74, 6) is 0.150. The number of carbonyl (C=O) groups is 1. The highest BCUT2D eigenvalue weighted by Gasteiger charge is 2.38. The van der Waals surface area contributed by atoms with E-state index in [4.69, 9.17) is 9.84 Å². The predicted molar refractivity (Wildman–Crippen MR) is 188 cm³/mol. The average molecular weight is 595 g/mol. The van der Waals surface area contributed by atoms with Gasteiger partial charge in [-0.2, -0.15) is 0 Å². The van der Waals surface area contributed by atoms with Gasteiger partial charge in [0.1, 0.15) is 5.75 Å². The highest BCUT2D eigenvalue weighted by atomic mass is 16.5. The summed E-state index contributed by atoms with van der Waals surface area (Å²) in [5.41, 5.74) is 11.6. The molecule has 0 unspecified atom stereocenters. The third-order valence-electron chi connectivity index (χ3n) is 9.62. The zero-order valence-electron chi connectivity index (χ0n) is 27.4. The van der Waals surface area contributed by atoms with Gasteiger partial charge in [-0.25, -0.2) is 4.79 Å². The Kier molecular flexibility index (Phi) is 7.69. The normalized spacial score (nSPS) is 16.1. The first-order valence-electron chi connectivity index (χ1n) is 15.8. The molecule has 5 aromatic carbocycles. The van der Waals surface area contributed by atoms with Crippen LogP contribution in [0, 0.1) is 19.3 Å². The average Bonchev–Trinajstić information content (AvgIpc) is 3.01. The number of ether oxygens (including phenoxy) is 1. The fraction of sp³-hybridized carbons (Fsp3) is 0.262. The topological polar surface area (TPSA) is 46.5 Å². The van der Waals surface area contributed by atoms with E-state index in [2.05, 4.69) is 96.2 Å². The van der Waals surface area contributed by atoms with E-state index in [1.54, 1.807) is 17.7 Å². The van der Waals surface area contributed by atoms with Crippen LogP contribution < -0.4 is 4.74 Å².